The third-order valence-electron chi connectivity index (χ3n) is 6.51. The zero-order valence-electron chi connectivity index (χ0n) is 24.2. The average Bonchev–Trinajstić information content (AvgIpc) is 2.88. The number of nitrogens with zero attached hydrogens (tertiary/aromatic N) is 2. The summed E-state index contributed by atoms with van der Waals surface area (Å²) in [7, 11) is -4.15. The molecule has 0 aromatic heterocycles. The van der Waals surface area contributed by atoms with Gasteiger partial charge in [0.05, 0.1) is 10.6 Å². The topological polar surface area (TPSA) is 86.8 Å². The van der Waals surface area contributed by atoms with Crippen molar-refractivity contribution in [2.75, 3.05) is 10.8 Å². The SMILES string of the molecule is CCC(C(=O)NC(C)(C)C)N(Cc1ccc(Cl)cc1Cl)C(=O)CN(c1ccccc1C)S(=O)(=O)c1ccc(C)cc1. The van der Waals surface area contributed by atoms with Gasteiger partial charge in [-0.15, -0.1) is 0 Å². The Morgan fingerprint density at radius 1 is 0.951 bits per heavy atom. The van der Waals surface area contributed by atoms with Crippen LogP contribution in [0.1, 0.15) is 50.8 Å². The van der Waals surface area contributed by atoms with Gasteiger partial charge in [0.1, 0.15) is 12.6 Å². The molecule has 0 spiro atoms. The molecule has 0 radical (unpaired) electrons. The number of carbonyl (C=O) groups excluding carboxylic acids is 2. The Bertz CT molecular complexity index is 1500. The van der Waals surface area contributed by atoms with Crippen LogP contribution in [0.25, 0.3) is 0 Å². The quantitative estimate of drug-likeness (QED) is 0.280. The van der Waals surface area contributed by atoms with Crippen molar-refractivity contribution in [3.05, 3.63) is 93.5 Å². The second-order valence-electron chi connectivity index (χ2n) is 11.0. The standard InChI is InChI=1S/C31H37Cl2N3O4S/c1-7-27(30(38)34-31(4,5)6)35(19-23-14-15-24(32)18-26(23)33)29(37)20-36(28-11-9-8-10-22(28)3)41(39,40)25-16-12-21(2)13-17-25/h8-18,27H,7,19-20H2,1-6H3,(H,34,38). The Morgan fingerprint density at radius 2 is 1.59 bits per heavy atom. The second kappa shape index (κ2) is 13.3. The molecule has 0 heterocycles. The lowest BCUT2D eigenvalue weighted by molar-refractivity contribution is -0.141. The molecule has 10 heteroatoms. The first-order valence-corrected chi connectivity index (χ1v) is 15.5. The number of halogens is 2. The van der Waals surface area contributed by atoms with E-state index in [0.717, 1.165) is 9.87 Å². The minimum Gasteiger partial charge on any atom is -0.350 e. The van der Waals surface area contributed by atoms with Crippen LogP contribution in [0.15, 0.2) is 71.6 Å². The van der Waals surface area contributed by atoms with Crippen LogP contribution in [0, 0.1) is 13.8 Å². The van der Waals surface area contributed by atoms with Crippen molar-refractivity contribution in [1.29, 1.82) is 0 Å². The molecule has 41 heavy (non-hydrogen) atoms. The van der Waals surface area contributed by atoms with Gasteiger partial charge in [0.25, 0.3) is 10.0 Å². The number of hydrogen-bond acceptors (Lipinski definition) is 4. The van der Waals surface area contributed by atoms with E-state index in [1.165, 1.54) is 17.0 Å². The number of amides is 2. The van der Waals surface area contributed by atoms with Crippen LogP contribution in [0.5, 0.6) is 0 Å². The molecule has 1 N–H and O–H groups in total. The van der Waals surface area contributed by atoms with Crippen molar-refractivity contribution in [3.8, 4) is 0 Å². The minimum absolute atomic E-state index is 0.0168. The summed E-state index contributed by atoms with van der Waals surface area (Å²) in [6.45, 7) is 10.5. The molecular formula is C31H37Cl2N3O4S. The molecular weight excluding hydrogens is 581 g/mol. The minimum atomic E-state index is -4.15. The van der Waals surface area contributed by atoms with Gasteiger partial charge in [-0.3, -0.25) is 13.9 Å². The van der Waals surface area contributed by atoms with Crippen LogP contribution in [0.4, 0.5) is 5.69 Å². The lowest BCUT2D eigenvalue weighted by Crippen LogP contribution is -2.55. The van der Waals surface area contributed by atoms with E-state index >= 15 is 0 Å². The maximum Gasteiger partial charge on any atom is 0.264 e. The Balaban J connectivity index is 2.11. The van der Waals surface area contributed by atoms with Crippen molar-refractivity contribution >= 4 is 50.7 Å². The summed E-state index contributed by atoms with van der Waals surface area (Å²) in [6.07, 6.45) is 0.300. The smallest absolute Gasteiger partial charge is 0.264 e. The average molecular weight is 619 g/mol. The number of benzene rings is 3. The van der Waals surface area contributed by atoms with Crippen LogP contribution in [0.2, 0.25) is 10.0 Å². The molecule has 0 aliphatic heterocycles. The molecule has 3 rings (SSSR count). The van der Waals surface area contributed by atoms with Gasteiger partial charge in [-0.25, -0.2) is 8.42 Å². The molecule has 3 aromatic carbocycles. The summed E-state index contributed by atoms with van der Waals surface area (Å²) in [5.41, 5.74) is 2.00. The fraction of sp³-hybridized carbons (Fsp3) is 0.355. The van der Waals surface area contributed by atoms with Crippen molar-refractivity contribution in [2.45, 2.75) is 71.0 Å². The molecule has 0 aliphatic rings. The first-order chi connectivity index (χ1) is 19.1. The van der Waals surface area contributed by atoms with Crippen molar-refractivity contribution < 1.29 is 18.0 Å². The number of hydrogen-bond donors (Lipinski definition) is 1. The summed E-state index contributed by atoms with van der Waals surface area (Å²) in [6, 6.07) is 17.5. The van der Waals surface area contributed by atoms with E-state index in [-0.39, 0.29) is 17.3 Å². The largest absolute Gasteiger partial charge is 0.350 e. The van der Waals surface area contributed by atoms with Crippen LogP contribution in [0.3, 0.4) is 0 Å². The van der Waals surface area contributed by atoms with Gasteiger partial charge < -0.3 is 10.2 Å². The lowest BCUT2D eigenvalue weighted by Gasteiger charge is -2.35. The number of para-hydroxylation sites is 1. The van der Waals surface area contributed by atoms with Gasteiger partial charge >= 0.3 is 0 Å². The maximum absolute atomic E-state index is 14.2. The van der Waals surface area contributed by atoms with Crippen LogP contribution >= 0.6 is 23.2 Å². The van der Waals surface area contributed by atoms with E-state index < -0.39 is 34.1 Å². The van der Waals surface area contributed by atoms with E-state index in [1.807, 2.05) is 27.7 Å². The van der Waals surface area contributed by atoms with E-state index in [2.05, 4.69) is 5.32 Å². The van der Waals surface area contributed by atoms with E-state index in [1.54, 1.807) is 68.4 Å². The molecule has 1 atom stereocenters. The van der Waals surface area contributed by atoms with Crippen molar-refractivity contribution in [1.82, 2.24) is 10.2 Å². The highest BCUT2D eigenvalue weighted by Gasteiger charge is 2.35. The monoisotopic (exact) mass is 617 g/mol. The van der Waals surface area contributed by atoms with E-state index in [4.69, 9.17) is 23.2 Å². The summed E-state index contributed by atoms with van der Waals surface area (Å²) >= 11 is 12.6. The number of sulfonamides is 1. The number of carbonyl (C=O) groups is 2. The Labute approximate surface area is 253 Å². The molecule has 0 fully saturated rings. The first-order valence-electron chi connectivity index (χ1n) is 13.3. The number of rotatable bonds is 10. The molecule has 1 unspecified atom stereocenters. The predicted molar refractivity (Wildman–Crippen MR) is 166 cm³/mol. The number of anilines is 1. The number of nitrogens with one attached hydrogen (secondary N) is 1. The summed E-state index contributed by atoms with van der Waals surface area (Å²) in [5.74, 6) is -0.895. The molecule has 2 amide bonds. The highest BCUT2D eigenvalue weighted by Crippen LogP contribution is 2.29. The fourth-order valence-corrected chi connectivity index (χ4v) is 6.35. The molecule has 7 nitrogen and oxygen atoms in total. The molecule has 0 aliphatic carbocycles. The van der Waals surface area contributed by atoms with Crippen LogP contribution < -0.4 is 9.62 Å². The summed E-state index contributed by atoms with van der Waals surface area (Å²) in [4.78, 5) is 29.1. The lowest BCUT2D eigenvalue weighted by atomic mass is 10.1. The molecule has 0 saturated carbocycles. The van der Waals surface area contributed by atoms with E-state index in [9.17, 15) is 18.0 Å². The van der Waals surface area contributed by atoms with Gasteiger partial charge in [-0.1, -0.05) is 72.1 Å². The highest BCUT2D eigenvalue weighted by molar-refractivity contribution is 7.92. The normalized spacial score (nSPS) is 12.5. The third kappa shape index (κ3) is 8.24. The van der Waals surface area contributed by atoms with Gasteiger partial charge in [0.15, 0.2) is 0 Å². The van der Waals surface area contributed by atoms with E-state index in [0.29, 0.717) is 33.3 Å². The van der Waals surface area contributed by atoms with Crippen LogP contribution in [-0.4, -0.2) is 43.3 Å². The molecule has 0 saturated heterocycles. The summed E-state index contributed by atoms with van der Waals surface area (Å²) in [5, 5.41) is 3.72. The Kier molecular flexibility index (Phi) is 10.5. The molecule has 0 bridgehead atoms. The summed E-state index contributed by atoms with van der Waals surface area (Å²) < 4.78 is 29.1. The number of aryl methyl sites for hydroxylation is 2. The zero-order chi connectivity index (χ0) is 30.5. The van der Waals surface area contributed by atoms with Gasteiger partial charge in [0, 0.05) is 22.1 Å². The maximum atomic E-state index is 14.2. The van der Waals surface area contributed by atoms with Gasteiger partial charge in [0.2, 0.25) is 11.8 Å². The Morgan fingerprint density at radius 3 is 2.15 bits per heavy atom. The second-order valence-corrected chi connectivity index (χ2v) is 13.7. The predicted octanol–water partition coefficient (Wildman–Crippen LogP) is 6.53. The van der Waals surface area contributed by atoms with Crippen molar-refractivity contribution in [3.63, 3.8) is 0 Å². The third-order valence-corrected chi connectivity index (χ3v) is 8.87. The zero-order valence-corrected chi connectivity index (χ0v) is 26.6. The highest BCUT2D eigenvalue weighted by atomic mass is 35.5. The van der Waals surface area contributed by atoms with Crippen molar-refractivity contribution in [2.24, 2.45) is 0 Å². The fourth-order valence-electron chi connectivity index (χ4n) is 4.40. The molecule has 220 valence electrons. The Hall–Kier alpha value is -3.07. The molecule has 3 aromatic rings. The van der Waals surface area contributed by atoms with Gasteiger partial charge in [-0.05, 0) is 82.5 Å². The first kappa shape index (κ1) is 32.4. The van der Waals surface area contributed by atoms with Gasteiger partial charge in [-0.2, -0.15) is 0 Å². The van der Waals surface area contributed by atoms with Crippen LogP contribution in [-0.2, 0) is 26.2 Å².